The lowest BCUT2D eigenvalue weighted by Crippen LogP contribution is -2.44. The monoisotopic (exact) mass is 573 g/mol. The van der Waals surface area contributed by atoms with Crippen LogP contribution in [0.1, 0.15) is 49.0 Å². The fourth-order valence-electron chi connectivity index (χ4n) is 4.47. The number of rotatable bonds is 9. The van der Waals surface area contributed by atoms with Gasteiger partial charge < -0.3 is 30.1 Å². The number of ether oxygens (including phenoxy) is 2. The Morgan fingerprint density at radius 1 is 0.846 bits per heavy atom. The van der Waals surface area contributed by atoms with Crippen molar-refractivity contribution in [2.75, 3.05) is 14.2 Å². The average molecular weight is 574 g/mol. The maximum absolute atomic E-state index is 13.0. The molecule has 202 valence electrons. The molecular weight excluding hydrogens is 553 g/mol. The highest BCUT2D eigenvalue weighted by Crippen LogP contribution is 2.52. The van der Waals surface area contributed by atoms with E-state index in [-0.39, 0.29) is 44.7 Å². The number of carbonyl (C=O) groups excluding carboxylic acids is 1. The van der Waals surface area contributed by atoms with Gasteiger partial charge in [0, 0.05) is 5.92 Å². The van der Waals surface area contributed by atoms with Crippen molar-refractivity contribution >= 4 is 47.0 Å². The van der Waals surface area contributed by atoms with E-state index in [1.165, 1.54) is 26.4 Å². The van der Waals surface area contributed by atoms with Crippen LogP contribution in [0.4, 0.5) is 0 Å². The molecule has 10 nitrogen and oxygen atoms in total. The van der Waals surface area contributed by atoms with Crippen LogP contribution in [-0.4, -0.2) is 58.9 Å². The predicted octanol–water partition coefficient (Wildman–Crippen LogP) is 4.81. The number of benzene rings is 3. The molecular formula is C27H21Cl2NO9. The standard InChI is InChI=1S/C27H21Cl2NO9/c1-38-19-9-15(25(34)35)10-20(39-2)21(19)13-5-3-12(4-6-13)16-11-27(16,26(36)37)30-23(31)22-17(28)7-14(24(32)33)8-18(22)29/h3-10,16H,11H2,1-2H3,(H,30,31)(H,32,33)(H,34,35)(H,36,37). The molecule has 0 spiro atoms. The van der Waals surface area contributed by atoms with Crippen molar-refractivity contribution in [3.8, 4) is 22.6 Å². The number of carboxylic acid groups (broad SMARTS) is 3. The van der Waals surface area contributed by atoms with E-state index in [0.29, 0.717) is 16.7 Å². The van der Waals surface area contributed by atoms with Gasteiger partial charge in [-0.3, -0.25) is 4.79 Å². The Balaban J connectivity index is 1.62. The molecule has 3 aromatic rings. The molecule has 0 bridgehead atoms. The summed E-state index contributed by atoms with van der Waals surface area (Å²) < 4.78 is 10.8. The molecule has 1 aliphatic rings. The molecule has 39 heavy (non-hydrogen) atoms. The van der Waals surface area contributed by atoms with Gasteiger partial charge in [0.15, 0.2) is 0 Å². The highest BCUT2D eigenvalue weighted by Gasteiger charge is 2.62. The molecule has 1 saturated carbocycles. The molecule has 1 aliphatic carbocycles. The Bertz CT molecular complexity index is 1470. The lowest BCUT2D eigenvalue weighted by atomic mass is 9.97. The van der Waals surface area contributed by atoms with Crippen LogP contribution < -0.4 is 14.8 Å². The second kappa shape index (κ2) is 10.5. The number of nitrogens with one attached hydrogen (secondary N) is 1. The summed E-state index contributed by atoms with van der Waals surface area (Å²) in [6.07, 6.45) is 0.0931. The molecule has 0 saturated heterocycles. The number of aromatic carboxylic acids is 2. The molecule has 3 aromatic carbocycles. The average Bonchev–Trinajstić information content (AvgIpc) is 3.62. The minimum atomic E-state index is -1.63. The minimum Gasteiger partial charge on any atom is -0.496 e. The number of methoxy groups -OCH3 is 2. The van der Waals surface area contributed by atoms with Crippen LogP contribution >= 0.6 is 23.2 Å². The Labute approximate surface area is 231 Å². The summed E-state index contributed by atoms with van der Waals surface area (Å²) in [6, 6.07) is 11.7. The Hall–Kier alpha value is -4.28. The lowest BCUT2D eigenvalue weighted by Gasteiger charge is -2.17. The molecule has 1 fully saturated rings. The molecule has 0 aromatic heterocycles. The fourth-order valence-corrected chi connectivity index (χ4v) is 5.13. The first-order chi connectivity index (χ1) is 18.4. The summed E-state index contributed by atoms with van der Waals surface area (Å²) >= 11 is 12.2. The SMILES string of the molecule is COc1cc(C(=O)O)cc(OC)c1-c1ccc(C2CC2(NC(=O)c2c(Cl)cc(C(=O)O)cc2Cl)C(=O)O)cc1. The summed E-state index contributed by atoms with van der Waals surface area (Å²) in [5.41, 5.74) is -0.318. The summed E-state index contributed by atoms with van der Waals surface area (Å²) in [6.45, 7) is 0. The minimum absolute atomic E-state index is 0.0122. The number of aliphatic carboxylic acids is 1. The third-order valence-corrected chi connectivity index (χ3v) is 7.15. The van der Waals surface area contributed by atoms with E-state index in [4.69, 9.17) is 37.8 Å². The smallest absolute Gasteiger partial charge is 0.335 e. The molecule has 4 N–H and O–H groups in total. The molecule has 2 atom stereocenters. The number of halogens is 2. The largest absolute Gasteiger partial charge is 0.496 e. The van der Waals surface area contributed by atoms with Crippen molar-refractivity contribution in [1.82, 2.24) is 5.32 Å². The number of hydrogen-bond acceptors (Lipinski definition) is 6. The zero-order chi connectivity index (χ0) is 28.6. The normalized spacial score (nSPS) is 17.7. The predicted molar refractivity (Wildman–Crippen MR) is 141 cm³/mol. The Kier molecular flexibility index (Phi) is 7.45. The second-order valence-corrected chi connectivity index (χ2v) is 9.60. The van der Waals surface area contributed by atoms with Crippen molar-refractivity contribution in [2.24, 2.45) is 0 Å². The van der Waals surface area contributed by atoms with Gasteiger partial charge in [0.1, 0.15) is 17.0 Å². The van der Waals surface area contributed by atoms with Crippen molar-refractivity contribution in [3.63, 3.8) is 0 Å². The van der Waals surface area contributed by atoms with Crippen LogP contribution in [0.5, 0.6) is 11.5 Å². The zero-order valence-corrected chi connectivity index (χ0v) is 22.0. The summed E-state index contributed by atoms with van der Waals surface area (Å²) in [7, 11) is 2.81. The number of carboxylic acids is 3. The van der Waals surface area contributed by atoms with Crippen LogP contribution in [0, 0.1) is 0 Å². The van der Waals surface area contributed by atoms with Crippen molar-refractivity contribution in [2.45, 2.75) is 17.9 Å². The van der Waals surface area contributed by atoms with E-state index in [9.17, 15) is 29.4 Å². The molecule has 0 aliphatic heterocycles. The number of amides is 1. The molecule has 1 amide bonds. The first-order valence-corrected chi connectivity index (χ1v) is 12.1. The first-order valence-electron chi connectivity index (χ1n) is 11.3. The quantitative estimate of drug-likeness (QED) is 0.281. The lowest BCUT2D eigenvalue weighted by molar-refractivity contribution is -0.140. The van der Waals surface area contributed by atoms with E-state index in [0.717, 1.165) is 12.1 Å². The highest BCUT2D eigenvalue weighted by atomic mass is 35.5. The van der Waals surface area contributed by atoms with E-state index in [1.54, 1.807) is 24.3 Å². The molecule has 2 unspecified atom stereocenters. The van der Waals surface area contributed by atoms with Crippen LogP contribution in [-0.2, 0) is 4.79 Å². The maximum atomic E-state index is 13.0. The summed E-state index contributed by atoms with van der Waals surface area (Å²) in [4.78, 5) is 47.9. The van der Waals surface area contributed by atoms with Crippen LogP contribution in [0.2, 0.25) is 10.0 Å². The number of hydrogen-bond donors (Lipinski definition) is 4. The Morgan fingerprint density at radius 2 is 1.33 bits per heavy atom. The van der Waals surface area contributed by atoms with E-state index in [1.807, 2.05) is 0 Å². The van der Waals surface area contributed by atoms with E-state index in [2.05, 4.69) is 5.32 Å². The van der Waals surface area contributed by atoms with E-state index < -0.39 is 35.3 Å². The van der Waals surface area contributed by atoms with Gasteiger partial charge in [-0.05, 0) is 41.8 Å². The Morgan fingerprint density at radius 3 is 1.77 bits per heavy atom. The van der Waals surface area contributed by atoms with E-state index >= 15 is 0 Å². The van der Waals surface area contributed by atoms with Gasteiger partial charge in [0.2, 0.25) is 0 Å². The van der Waals surface area contributed by atoms with Gasteiger partial charge in [-0.15, -0.1) is 0 Å². The van der Waals surface area contributed by atoms with Crippen molar-refractivity contribution in [3.05, 3.63) is 80.8 Å². The van der Waals surface area contributed by atoms with Crippen LogP contribution in [0.15, 0.2) is 48.5 Å². The van der Waals surface area contributed by atoms with Gasteiger partial charge in [0.25, 0.3) is 5.91 Å². The van der Waals surface area contributed by atoms with Crippen LogP contribution in [0.25, 0.3) is 11.1 Å². The number of carbonyl (C=O) groups is 4. The summed E-state index contributed by atoms with van der Waals surface area (Å²) in [5, 5.41) is 30.5. The van der Waals surface area contributed by atoms with Crippen molar-refractivity contribution in [1.29, 1.82) is 0 Å². The van der Waals surface area contributed by atoms with Gasteiger partial charge in [-0.25, -0.2) is 14.4 Å². The van der Waals surface area contributed by atoms with Gasteiger partial charge in [-0.1, -0.05) is 47.5 Å². The van der Waals surface area contributed by atoms with Gasteiger partial charge in [-0.2, -0.15) is 0 Å². The molecule has 4 rings (SSSR count). The van der Waals surface area contributed by atoms with Gasteiger partial charge >= 0.3 is 17.9 Å². The fraction of sp³-hybridized carbons (Fsp3) is 0.185. The molecule has 0 radical (unpaired) electrons. The third-order valence-electron chi connectivity index (χ3n) is 6.55. The highest BCUT2D eigenvalue weighted by molar-refractivity contribution is 6.40. The summed E-state index contributed by atoms with van der Waals surface area (Å²) in [5.74, 6) is -4.56. The maximum Gasteiger partial charge on any atom is 0.335 e. The molecule has 0 heterocycles. The zero-order valence-electron chi connectivity index (χ0n) is 20.5. The van der Waals surface area contributed by atoms with Gasteiger partial charge in [0.05, 0.1) is 46.5 Å². The third kappa shape index (κ3) is 5.08. The topological polar surface area (TPSA) is 159 Å². The molecule has 12 heteroatoms. The van der Waals surface area contributed by atoms with Crippen LogP contribution in [0.3, 0.4) is 0 Å². The first kappa shape index (κ1) is 27.7. The van der Waals surface area contributed by atoms with Crippen molar-refractivity contribution < 1.29 is 44.0 Å². The second-order valence-electron chi connectivity index (χ2n) is 8.79.